The Balaban J connectivity index is 2.79. The molecule has 1 aromatic carbocycles. The summed E-state index contributed by atoms with van der Waals surface area (Å²) in [5.74, 6) is 0.341. The van der Waals surface area contributed by atoms with Crippen LogP contribution in [0.3, 0.4) is 0 Å². The van der Waals surface area contributed by atoms with E-state index < -0.39 is 0 Å². The van der Waals surface area contributed by atoms with Gasteiger partial charge in [0.15, 0.2) is 0 Å². The summed E-state index contributed by atoms with van der Waals surface area (Å²) in [4.78, 5) is 0. The summed E-state index contributed by atoms with van der Waals surface area (Å²) < 4.78 is 5.22. The molecule has 0 bridgehead atoms. The van der Waals surface area contributed by atoms with Crippen molar-refractivity contribution in [2.24, 2.45) is 0 Å². The van der Waals surface area contributed by atoms with Crippen molar-refractivity contribution in [1.29, 1.82) is 0 Å². The molecule has 18 heavy (non-hydrogen) atoms. The van der Waals surface area contributed by atoms with Crippen LogP contribution in [-0.4, -0.2) is 7.11 Å². The molecule has 0 saturated heterocycles. The molecule has 0 atom stereocenters. The quantitative estimate of drug-likeness (QED) is 0.755. The molecule has 1 aliphatic carbocycles. The molecule has 96 valence electrons. The number of fused-ring (bicyclic) bond motifs is 1. The molecule has 0 aromatic heterocycles. The van der Waals surface area contributed by atoms with Crippen LogP contribution >= 0.6 is 0 Å². The Morgan fingerprint density at radius 1 is 1.00 bits per heavy atom. The van der Waals surface area contributed by atoms with E-state index in [4.69, 9.17) is 4.74 Å². The lowest BCUT2D eigenvalue weighted by molar-refractivity contribution is -0.250. The minimum absolute atomic E-state index is 0.0512. The van der Waals surface area contributed by atoms with E-state index in [1.165, 1.54) is 7.11 Å². The first-order valence-electron chi connectivity index (χ1n) is 5.97. The Hall–Kier alpha value is -1.90. The van der Waals surface area contributed by atoms with Crippen LogP contribution in [0.2, 0.25) is 0 Å². The highest BCUT2D eigenvalue weighted by atomic mass is 16.5. The topological polar surface area (TPSA) is 55.3 Å². The van der Waals surface area contributed by atoms with Gasteiger partial charge in [0.05, 0.1) is 7.11 Å². The maximum absolute atomic E-state index is 12.3. The molecule has 3 heteroatoms. The van der Waals surface area contributed by atoms with Crippen LogP contribution in [0.5, 0.6) is 5.75 Å². The molecule has 0 radical (unpaired) electrons. The van der Waals surface area contributed by atoms with Crippen LogP contribution in [0.1, 0.15) is 37.8 Å². The van der Waals surface area contributed by atoms with Gasteiger partial charge < -0.3 is 14.9 Å². The number of allylic oxidation sites excluding steroid dienone is 2. The first-order valence-corrected chi connectivity index (χ1v) is 5.97. The highest BCUT2D eigenvalue weighted by Crippen LogP contribution is 2.35. The second kappa shape index (κ2) is 4.77. The van der Waals surface area contributed by atoms with E-state index in [1.807, 2.05) is 13.8 Å². The van der Waals surface area contributed by atoms with Gasteiger partial charge in [0, 0.05) is 5.56 Å². The predicted molar refractivity (Wildman–Crippen MR) is 67.4 cm³/mol. The molecule has 1 aromatic rings. The van der Waals surface area contributed by atoms with Crippen LogP contribution in [0.25, 0.3) is 11.5 Å². The van der Waals surface area contributed by atoms with Crippen LogP contribution in [0.4, 0.5) is 0 Å². The third-order valence-electron chi connectivity index (χ3n) is 3.37. The molecule has 1 aliphatic rings. The Kier molecular flexibility index (Phi) is 3.32. The van der Waals surface area contributed by atoms with E-state index in [0.717, 1.165) is 11.1 Å². The Bertz CT molecular complexity index is 539. The van der Waals surface area contributed by atoms with Crippen molar-refractivity contribution in [1.82, 2.24) is 0 Å². The SMILES string of the molecule is COc1cccc2c1/C([O-])=C(/C)CC/C(C)=C\2[O-]. The minimum atomic E-state index is -0.0803. The van der Waals surface area contributed by atoms with E-state index in [1.54, 1.807) is 18.2 Å². The van der Waals surface area contributed by atoms with Gasteiger partial charge in [-0.05, 0) is 38.3 Å². The summed E-state index contributed by atoms with van der Waals surface area (Å²) in [5, 5.41) is 24.6. The molecule has 0 saturated carbocycles. The van der Waals surface area contributed by atoms with Crippen LogP contribution < -0.4 is 14.9 Å². The average molecular weight is 244 g/mol. The summed E-state index contributed by atoms with van der Waals surface area (Å²) in [6.07, 6.45) is 1.28. The minimum Gasteiger partial charge on any atom is -0.872 e. The van der Waals surface area contributed by atoms with Crippen molar-refractivity contribution >= 4 is 11.5 Å². The molecule has 0 heterocycles. The van der Waals surface area contributed by atoms with Crippen molar-refractivity contribution in [3.05, 3.63) is 40.5 Å². The van der Waals surface area contributed by atoms with E-state index in [-0.39, 0.29) is 11.5 Å². The molecular weight excluding hydrogens is 228 g/mol. The fraction of sp³-hybridized carbons (Fsp3) is 0.333. The molecule has 3 nitrogen and oxygen atoms in total. The normalized spacial score (nSPS) is 24.2. The lowest BCUT2D eigenvalue weighted by Crippen LogP contribution is -2.16. The lowest BCUT2D eigenvalue weighted by Gasteiger charge is -2.29. The number of benzene rings is 1. The summed E-state index contributed by atoms with van der Waals surface area (Å²) in [6, 6.07) is 5.15. The van der Waals surface area contributed by atoms with E-state index in [9.17, 15) is 10.2 Å². The number of ether oxygens (including phenoxy) is 1. The van der Waals surface area contributed by atoms with Crippen LogP contribution in [0.15, 0.2) is 29.3 Å². The summed E-state index contributed by atoms with van der Waals surface area (Å²) in [5.41, 5.74) is 2.42. The predicted octanol–water partition coefficient (Wildman–Crippen LogP) is 1.67. The first-order chi connectivity index (χ1) is 8.56. The fourth-order valence-corrected chi connectivity index (χ4v) is 2.17. The van der Waals surface area contributed by atoms with Crippen LogP contribution in [-0.2, 0) is 0 Å². The van der Waals surface area contributed by atoms with Crippen LogP contribution in [0, 0.1) is 0 Å². The lowest BCUT2D eigenvalue weighted by atomic mass is 9.92. The molecule has 0 amide bonds. The number of rotatable bonds is 1. The molecule has 2 rings (SSSR count). The highest BCUT2D eigenvalue weighted by molar-refractivity contribution is 5.79. The Morgan fingerprint density at radius 2 is 1.61 bits per heavy atom. The van der Waals surface area contributed by atoms with Gasteiger partial charge in [0.2, 0.25) is 0 Å². The van der Waals surface area contributed by atoms with Gasteiger partial charge in [-0.15, -0.1) is 5.76 Å². The van der Waals surface area contributed by atoms with Gasteiger partial charge in [-0.3, -0.25) is 0 Å². The maximum Gasteiger partial charge on any atom is 0.126 e. The number of hydrogen-bond acceptors (Lipinski definition) is 3. The van der Waals surface area contributed by atoms with Gasteiger partial charge in [-0.25, -0.2) is 0 Å². The van der Waals surface area contributed by atoms with Gasteiger partial charge in [0.1, 0.15) is 5.75 Å². The maximum atomic E-state index is 12.3. The smallest absolute Gasteiger partial charge is 0.126 e. The standard InChI is InChI=1S/C15H18O3/c1-9-7-8-10(2)15(17)13-11(14(9)16)5-4-6-12(13)18-3/h4-6,16-17H,7-8H2,1-3H3/p-2/b14-9+,15-10+. The number of methoxy groups -OCH3 is 1. The van der Waals surface area contributed by atoms with Crippen molar-refractivity contribution in [3.8, 4) is 5.75 Å². The monoisotopic (exact) mass is 244 g/mol. The van der Waals surface area contributed by atoms with Gasteiger partial charge in [0.25, 0.3) is 0 Å². The molecule has 0 spiro atoms. The third kappa shape index (κ3) is 1.96. The third-order valence-corrected chi connectivity index (χ3v) is 3.37. The zero-order valence-electron chi connectivity index (χ0n) is 10.9. The number of hydrogen-bond donors (Lipinski definition) is 0. The first kappa shape index (κ1) is 12.6. The van der Waals surface area contributed by atoms with Gasteiger partial charge in [-0.2, -0.15) is 0 Å². The second-order valence-corrected chi connectivity index (χ2v) is 4.60. The van der Waals surface area contributed by atoms with E-state index in [0.29, 0.717) is 29.7 Å². The van der Waals surface area contributed by atoms with Crippen molar-refractivity contribution < 1.29 is 14.9 Å². The molecule has 0 aliphatic heterocycles. The van der Waals surface area contributed by atoms with E-state index >= 15 is 0 Å². The van der Waals surface area contributed by atoms with Crippen molar-refractivity contribution in [2.75, 3.05) is 7.11 Å². The molecule has 0 unspecified atom stereocenters. The fourth-order valence-electron chi connectivity index (χ4n) is 2.17. The van der Waals surface area contributed by atoms with Crippen molar-refractivity contribution in [2.45, 2.75) is 26.7 Å². The van der Waals surface area contributed by atoms with E-state index in [2.05, 4.69) is 0 Å². The summed E-state index contributed by atoms with van der Waals surface area (Å²) >= 11 is 0. The molecule has 0 N–H and O–H groups in total. The zero-order valence-corrected chi connectivity index (χ0v) is 10.9. The average Bonchev–Trinajstić information content (AvgIpc) is 2.40. The zero-order chi connectivity index (χ0) is 13.3. The highest BCUT2D eigenvalue weighted by Gasteiger charge is 2.13. The largest absolute Gasteiger partial charge is 0.872 e. The van der Waals surface area contributed by atoms with Crippen molar-refractivity contribution in [3.63, 3.8) is 0 Å². The van der Waals surface area contributed by atoms with Gasteiger partial charge in [-0.1, -0.05) is 29.0 Å². The second-order valence-electron chi connectivity index (χ2n) is 4.60. The Labute approximate surface area is 107 Å². The molecule has 0 fully saturated rings. The molecular formula is C15H16O3-2. The van der Waals surface area contributed by atoms with Gasteiger partial charge >= 0.3 is 0 Å². The Morgan fingerprint density at radius 3 is 2.22 bits per heavy atom. The summed E-state index contributed by atoms with van der Waals surface area (Å²) in [7, 11) is 1.51. The summed E-state index contributed by atoms with van der Waals surface area (Å²) in [6.45, 7) is 3.65.